The summed E-state index contributed by atoms with van der Waals surface area (Å²) in [4.78, 5) is 24.8. The minimum Gasteiger partial charge on any atom is -0.508 e. The molecular formula is C17H20N2O5. The molecule has 0 spiro atoms. The molecule has 1 aliphatic carbocycles. The van der Waals surface area contributed by atoms with E-state index in [-0.39, 0.29) is 17.5 Å². The molecule has 1 amide bonds. The zero-order valence-electron chi connectivity index (χ0n) is 13.8. The number of carbonyl (C=O) groups excluding carboxylic acids is 2. The van der Waals surface area contributed by atoms with Crippen LogP contribution in [-0.2, 0) is 14.3 Å². The van der Waals surface area contributed by atoms with Crippen molar-refractivity contribution in [3.8, 4) is 11.5 Å². The Morgan fingerprint density at radius 1 is 1.29 bits per heavy atom. The van der Waals surface area contributed by atoms with E-state index in [1.807, 2.05) is 20.8 Å². The predicted octanol–water partition coefficient (Wildman–Crippen LogP) is 1.67. The van der Waals surface area contributed by atoms with Crippen LogP contribution < -0.4 is 5.43 Å². The summed E-state index contributed by atoms with van der Waals surface area (Å²) in [6.45, 7) is 5.55. The molecule has 1 heterocycles. The van der Waals surface area contributed by atoms with Crippen molar-refractivity contribution in [3.05, 3.63) is 23.8 Å². The molecule has 1 aromatic carbocycles. The number of hydrogen-bond donors (Lipinski definition) is 3. The Morgan fingerprint density at radius 3 is 2.54 bits per heavy atom. The minimum absolute atomic E-state index is 0.0718. The summed E-state index contributed by atoms with van der Waals surface area (Å²) in [7, 11) is 0. The van der Waals surface area contributed by atoms with E-state index in [0.29, 0.717) is 18.4 Å². The summed E-state index contributed by atoms with van der Waals surface area (Å²) >= 11 is 0. The molecule has 2 bridgehead atoms. The summed E-state index contributed by atoms with van der Waals surface area (Å²) in [5, 5.41) is 22.8. The maximum Gasteiger partial charge on any atom is 0.313 e. The Balaban J connectivity index is 1.79. The van der Waals surface area contributed by atoms with E-state index in [4.69, 9.17) is 4.74 Å². The van der Waals surface area contributed by atoms with E-state index >= 15 is 0 Å². The van der Waals surface area contributed by atoms with Gasteiger partial charge in [-0.3, -0.25) is 9.59 Å². The van der Waals surface area contributed by atoms with Crippen LogP contribution in [0.4, 0.5) is 0 Å². The first-order valence-electron chi connectivity index (χ1n) is 7.73. The highest BCUT2D eigenvalue weighted by Gasteiger charge is 2.75. The minimum atomic E-state index is -1.23. The SMILES string of the molecule is CC1(C)[C@]2(C)CC[C@]1(C(=O)N/N=C\c1ccc(O)cc1O)OC2=O. The van der Waals surface area contributed by atoms with Gasteiger partial charge in [-0.25, -0.2) is 5.43 Å². The van der Waals surface area contributed by atoms with Crippen LogP contribution in [0.5, 0.6) is 11.5 Å². The molecule has 3 N–H and O–H groups in total. The van der Waals surface area contributed by atoms with E-state index in [0.717, 1.165) is 0 Å². The molecule has 7 nitrogen and oxygen atoms in total. The second-order valence-corrected chi connectivity index (χ2v) is 7.12. The Bertz CT molecular complexity index is 757. The van der Waals surface area contributed by atoms with Gasteiger partial charge in [-0.15, -0.1) is 0 Å². The summed E-state index contributed by atoms with van der Waals surface area (Å²) < 4.78 is 5.46. The van der Waals surface area contributed by atoms with Gasteiger partial charge in [0.1, 0.15) is 11.5 Å². The van der Waals surface area contributed by atoms with E-state index in [1.54, 1.807) is 0 Å². The average molecular weight is 332 g/mol. The van der Waals surface area contributed by atoms with Gasteiger partial charge in [-0.2, -0.15) is 5.10 Å². The lowest BCUT2D eigenvalue weighted by Crippen LogP contribution is -2.52. The fraction of sp³-hybridized carbons (Fsp3) is 0.471. The first kappa shape index (κ1) is 16.3. The number of ether oxygens (including phenoxy) is 1. The molecule has 2 atom stereocenters. The average Bonchev–Trinajstić information content (AvgIpc) is 2.79. The van der Waals surface area contributed by atoms with Crippen LogP contribution in [0.2, 0.25) is 0 Å². The number of rotatable bonds is 3. The standard InChI is InChI=1S/C17H20N2O5/c1-15(2)16(3)6-7-17(15,24-14(16)23)13(22)19-18-9-10-4-5-11(20)8-12(10)21/h4-5,8-9,20-21H,6-7H2,1-3H3,(H,19,22)/b18-9-/t16-,17-/m1/s1. The van der Waals surface area contributed by atoms with Crippen molar-refractivity contribution in [3.63, 3.8) is 0 Å². The van der Waals surface area contributed by atoms with Crippen molar-refractivity contribution in [2.75, 3.05) is 0 Å². The molecule has 2 aliphatic rings. The van der Waals surface area contributed by atoms with Crippen molar-refractivity contribution in [1.82, 2.24) is 5.43 Å². The van der Waals surface area contributed by atoms with Crippen LogP contribution in [0.25, 0.3) is 0 Å². The number of nitrogens with zero attached hydrogens (tertiary/aromatic N) is 1. The maximum absolute atomic E-state index is 12.7. The third-order valence-corrected chi connectivity index (χ3v) is 5.83. The highest BCUT2D eigenvalue weighted by Crippen LogP contribution is 2.65. The molecule has 7 heteroatoms. The second kappa shape index (κ2) is 4.96. The Kier molecular flexibility index (Phi) is 3.37. The number of fused-ring (bicyclic) bond motifs is 2. The highest BCUT2D eigenvalue weighted by atomic mass is 16.6. The maximum atomic E-state index is 12.7. The molecule has 1 aliphatic heterocycles. The smallest absolute Gasteiger partial charge is 0.313 e. The van der Waals surface area contributed by atoms with Gasteiger partial charge < -0.3 is 14.9 Å². The topological polar surface area (TPSA) is 108 Å². The second-order valence-electron chi connectivity index (χ2n) is 7.12. The van der Waals surface area contributed by atoms with Gasteiger partial charge in [0.15, 0.2) is 5.60 Å². The summed E-state index contributed by atoms with van der Waals surface area (Å²) in [5.41, 5.74) is 0.196. The molecular weight excluding hydrogens is 312 g/mol. The zero-order valence-corrected chi connectivity index (χ0v) is 13.8. The van der Waals surface area contributed by atoms with Gasteiger partial charge in [-0.05, 0) is 31.9 Å². The van der Waals surface area contributed by atoms with Crippen molar-refractivity contribution >= 4 is 18.1 Å². The number of phenolic OH excluding ortho intramolecular Hbond substituents is 2. The third kappa shape index (κ3) is 1.93. The zero-order chi connectivity index (χ0) is 17.8. The number of hydrogen-bond acceptors (Lipinski definition) is 6. The number of amides is 1. The quantitative estimate of drug-likeness (QED) is 0.443. The van der Waals surface area contributed by atoms with Crippen LogP contribution >= 0.6 is 0 Å². The van der Waals surface area contributed by atoms with Gasteiger partial charge >= 0.3 is 5.97 Å². The summed E-state index contributed by atoms with van der Waals surface area (Å²) in [6, 6.07) is 4.03. The van der Waals surface area contributed by atoms with Crippen LogP contribution in [0.1, 0.15) is 39.2 Å². The molecule has 2 fully saturated rings. The lowest BCUT2D eigenvalue weighted by molar-refractivity contribution is -0.168. The van der Waals surface area contributed by atoms with Crippen LogP contribution in [-0.4, -0.2) is 33.9 Å². The molecule has 0 aromatic heterocycles. The van der Waals surface area contributed by atoms with Crippen LogP contribution in [0.15, 0.2) is 23.3 Å². The molecule has 1 saturated heterocycles. The molecule has 0 unspecified atom stereocenters. The third-order valence-electron chi connectivity index (χ3n) is 5.83. The summed E-state index contributed by atoms with van der Waals surface area (Å²) in [5.74, 6) is -1.06. The Hall–Kier alpha value is -2.57. The fourth-order valence-corrected chi connectivity index (χ4v) is 3.64. The molecule has 24 heavy (non-hydrogen) atoms. The van der Waals surface area contributed by atoms with Gasteiger partial charge in [0.25, 0.3) is 5.91 Å². The number of carbonyl (C=O) groups is 2. The molecule has 0 radical (unpaired) electrons. The van der Waals surface area contributed by atoms with Gasteiger partial charge in [-0.1, -0.05) is 13.8 Å². The largest absolute Gasteiger partial charge is 0.508 e. The van der Waals surface area contributed by atoms with E-state index in [1.165, 1.54) is 24.4 Å². The van der Waals surface area contributed by atoms with E-state index < -0.39 is 22.3 Å². The van der Waals surface area contributed by atoms with Gasteiger partial charge in [0.05, 0.1) is 11.6 Å². The first-order chi connectivity index (χ1) is 11.1. The summed E-state index contributed by atoms with van der Waals surface area (Å²) in [6.07, 6.45) is 2.31. The lowest BCUT2D eigenvalue weighted by Gasteiger charge is -2.34. The van der Waals surface area contributed by atoms with Gasteiger partial charge in [0.2, 0.25) is 0 Å². The Labute approximate surface area is 139 Å². The van der Waals surface area contributed by atoms with Crippen molar-refractivity contribution < 1.29 is 24.5 Å². The highest BCUT2D eigenvalue weighted by molar-refractivity contribution is 5.96. The van der Waals surface area contributed by atoms with Crippen LogP contribution in [0, 0.1) is 10.8 Å². The van der Waals surface area contributed by atoms with Crippen molar-refractivity contribution in [1.29, 1.82) is 0 Å². The van der Waals surface area contributed by atoms with Crippen LogP contribution in [0.3, 0.4) is 0 Å². The molecule has 1 aromatic rings. The molecule has 1 saturated carbocycles. The normalized spacial score (nSPS) is 30.5. The first-order valence-corrected chi connectivity index (χ1v) is 7.73. The predicted molar refractivity (Wildman–Crippen MR) is 85.5 cm³/mol. The number of aromatic hydroxyl groups is 2. The monoisotopic (exact) mass is 332 g/mol. The van der Waals surface area contributed by atoms with Crippen molar-refractivity contribution in [2.45, 2.75) is 39.2 Å². The number of phenols is 2. The van der Waals surface area contributed by atoms with Crippen molar-refractivity contribution in [2.24, 2.45) is 15.9 Å². The molecule has 3 rings (SSSR count). The fourth-order valence-electron chi connectivity index (χ4n) is 3.64. The number of nitrogens with one attached hydrogen (secondary N) is 1. The number of esters is 1. The Morgan fingerprint density at radius 2 is 2.00 bits per heavy atom. The van der Waals surface area contributed by atoms with E-state index in [2.05, 4.69) is 10.5 Å². The number of hydrazone groups is 1. The number of benzene rings is 1. The lowest BCUT2D eigenvalue weighted by atomic mass is 9.66. The van der Waals surface area contributed by atoms with E-state index in [9.17, 15) is 19.8 Å². The molecule has 128 valence electrons. The van der Waals surface area contributed by atoms with Gasteiger partial charge in [0, 0.05) is 17.0 Å².